The SMILES string of the molecule is C=C(C)C(=O)[O-].C=C(C)C(=O)[O-].CC(C)[O-].CCCCCCCCCCCC[O-].[Ti+4]. The van der Waals surface area contributed by atoms with E-state index >= 15 is 0 Å². The number of hydrogen-bond donors (Lipinski definition) is 0. The average Bonchev–Trinajstić information content (AvgIpc) is 2.61. The molecule has 0 aliphatic rings. The molecule has 174 valence electrons. The summed E-state index contributed by atoms with van der Waals surface area (Å²) >= 11 is 0. The van der Waals surface area contributed by atoms with Gasteiger partial charge in [0.2, 0.25) is 0 Å². The first kappa shape index (κ1) is 39.5. The normalized spacial score (nSPS) is 8.80. The van der Waals surface area contributed by atoms with Crippen LogP contribution in [-0.2, 0) is 31.3 Å². The first-order valence-electron chi connectivity index (χ1n) is 10.4. The van der Waals surface area contributed by atoms with Gasteiger partial charge in [0.05, 0.1) is 11.9 Å². The molecule has 0 aliphatic heterocycles. The molecule has 0 N–H and O–H groups in total. The Morgan fingerprint density at radius 2 is 0.933 bits per heavy atom. The number of carbonyl (C=O) groups excluding carboxylic acids is 2. The minimum absolute atomic E-state index is 0. The molecular formula is C23H42O6Ti. The molecule has 7 heteroatoms. The van der Waals surface area contributed by atoms with Crippen LogP contribution in [0.2, 0.25) is 0 Å². The fraction of sp³-hybridized carbons (Fsp3) is 0.739. The molecule has 0 aromatic carbocycles. The van der Waals surface area contributed by atoms with Crippen LogP contribution in [0, 0.1) is 0 Å². The van der Waals surface area contributed by atoms with Gasteiger partial charge in [-0.25, -0.2) is 0 Å². The van der Waals surface area contributed by atoms with E-state index in [0.717, 1.165) is 12.8 Å². The van der Waals surface area contributed by atoms with Crippen molar-refractivity contribution in [2.75, 3.05) is 6.61 Å². The van der Waals surface area contributed by atoms with Crippen molar-refractivity contribution in [1.29, 1.82) is 0 Å². The third-order valence-electron chi connectivity index (χ3n) is 3.19. The molecule has 0 aromatic rings. The van der Waals surface area contributed by atoms with Crippen LogP contribution in [0.4, 0.5) is 0 Å². The summed E-state index contributed by atoms with van der Waals surface area (Å²) in [7, 11) is 0. The van der Waals surface area contributed by atoms with E-state index in [2.05, 4.69) is 20.1 Å². The van der Waals surface area contributed by atoms with Gasteiger partial charge in [-0.05, 0) is 25.0 Å². The van der Waals surface area contributed by atoms with E-state index in [4.69, 9.17) is 0 Å². The molecule has 0 unspecified atom stereocenters. The number of rotatable bonds is 12. The molecule has 0 amide bonds. The maximum Gasteiger partial charge on any atom is 4.00 e. The molecule has 0 atom stereocenters. The molecule has 0 saturated heterocycles. The van der Waals surface area contributed by atoms with Crippen LogP contribution < -0.4 is 20.4 Å². The van der Waals surface area contributed by atoms with Crippen LogP contribution in [0.3, 0.4) is 0 Å². The molecule has 0 saturated carbocycles. The van der Waals surface area contributed by atoms with Crippen molar-refractivity contribution < 1.29 is 51.7 Å². The van der Waals surface area contributed by atoms with Gasteiger partial charge in [-0.2, -0.15) is 0 Å². The summed E-state index contributed by atoms with van der Waals surface area (Å²) in [6.07, 6.45) is 12.6. The Kier molecular flexibility index (Phi) is 43.1. The minimum atomic E-state index is -1.19. The maximum absolute atomic E-state index is 10.1. The first-order valence-corrected chi connectivity index (χ1v) is 10.4. The second kappa shape index (κ2) is 32.7. The van der Waals surface area contributed by atoms with Gasteiger partial charge in [0.15, 0.2) is 0 Å². The molecule has 0 aliphatic carbocycles. The average molecular weight is 462 g/mol. The molecule has 0 bridgehead atoms. The Balaban J connectivity index is -0.000000103. The van der Waals surface area contributed by atoms with Crippen molar-refractivity contribution in [2.45, 2.75) is 105 Å². The summed E-state index contributed by atoms with van der Waals surface area (Å²) in [4.78, 5) is 19.0. The second-order valence-corrected chi connectivity index (χ2v) is 7.07. The van der Waals surface area contributed by atoms with Gasteiger partial charge in [-0.3, -0.25) is 0 Å². The summed E-state index contributed by atoms with van der Waals surface area (Å²) < 4.78 is 0. The predicted octanol–water partition coefficient (Wildman–Crippen LogP) is 1.65. The standard InChI is InChI=1S/C12H25O.2C4H6O2.C3H7O.Ti/c1-2-3-4-5-6-7-8-9-10-11-12-13;2*1-3(2)4(5)6;1-3(2)4;/h2-12H2,1H3;2*1H2,2H3,(H,5,6);3H,1-2H3;/q-1;;;-1;+4/p-2. The molecule has 0 fully saturated rings. The Bertz CT molecular complexity index is 348. The third-order valence-corrected chi connectivity index (χ3v) is 3.19. The Labute approximate surface area is 199 Å². The van der Waals surface area contributed by atoms with E-state index in [1.165, 1.54) is 65.2 Å². The van der Waals surface area contributed by atoms with Crippen LogP contribution >= 0.6 is 0 Å². The van der Waals surface area contributed by atoms with Crippen LogP contribution in [-0.4, -0.2) is 24.6 Å². The van der Waals surface area contributed by atoms with Crippen molar-refractivity contribution in [3.05, 3.63) is 24.3 Å². The van der Waals surface area contributed by atoms with Crippen molar-refractivity contribution in [3.8, 4) is 0 Å². The van der Waals surface area contributed by atoms with Gasteiger partial charge in [0.25, 0.3) is 0 Å². The van der Waals surface area contributed by atoms with E-state index in [1.807, 2.05) is 0 Å². The minimum Gasteiger partial charge on any atom is -0.854 e. The van der Waals surface area contributed by atoms with Gasteiger partial charge >= 0.3 is 21.7 Å². The summed E-state index contributed by atoms with van der Waals surface area (Å²) in [5.41, 5.74) is 0.130. The fourth-order valence-electron chi connectivity index (χ4n) is 1.59. The predicted molar refractivity (Wildman–Crippen MR) is 111 cm³/mol. The van der Waals surface area contributed by atoms with Crippen LogP contribution in [0.15, 0.2) is 24.3 Å². The third kappa shape index (κ3) is 63.1. The van der Waals surface area contributed by atoms with Crippen LogP contribution in [0.1, 0.15) is 98.8 Å². The number of aliphatic carboxylic acids is 2. The van der Waals surface area contributed by atoms with Crippen LogP contribution in [0.25, 0.3) is 0 Å². The molecule has 6 nitrogen and oxygen atoms in total. The van der Waals surface area contributed by atoms with Crippen molar-refractivity contribution in [3.63, 3.8) is 0 Å². The van der Waals surface area contributed by atoms with Crippen molar-refractivity contribution in [1.82, 2.24) is 0 Å². The van der Waals surface area contributed by atoms with E-state index in [0.29, 0.717) is 0 Å². The van der Waals surface area contributed by atoms with Gasteiger partial charge in [0.1, 0.15) is 0 Å². The number of unbranched alkanes of at least 4 members (excludes halogenated alkanes) is 9. The van der Waals surface area contributed by atoms with Gasteiger partial charge < -0.3 is 30.0 Å². The molecule has 0 spiro atoms. The Hall–Kier alpha value is -0.946. The first-order chi connectivity index (χ1) is 13.4. The van der Waals surface area contributed by atoms with Gasteiger partial charge in [0, 0.05) is 0 Å². The number of carboxylic acids is 2. The molecule has 0 aromatic heterocycles. The van der Waals surface area contributed by atoms with Crippen LogP contribution in [0.5, 0.6) is 0 Å². The quantitative estimate of drug-likeness (QED) is 0.247. The van der Waals surface area contributed by atoms with Gasteiger partial charge in [-0.1, -0.05) is 98.1 Å². The zero-order chi connectivity index (χ0) is 23.7. The Morgan fingerprint density at radius 1 is 0.733 bits per heavy atom. The smallest absolute Gasteiger partial charge is 0.854 e. The summed E-state index contributed by atoms with van der Waals surface area (Å²) in [5.74, 6) is -2.37. The summed E-state index contributed by atoms with van der Waals surface area (Å²) in [6.45, 7) is 14.6. The second-order valence-electron chi connectivity index (χ2n) is 7.07. The van der Waals surface area contributed by atoms with E-state index in [1.54, 1.807) is 13.8 Å². The van der Waals surface area contributed by atoms with Crippen molar-refractivity contribution >= 4 is 11.9 Å². The molecule has 0 radical (unpaired) electrons. The molecule has 0 rings (SSSR count). The summed E-state index contributed by atoms with van der Waals surface area (Å²) in [5, 5.41) is 38.6. The number of hydrogen-bond acceptors (Lipinski definition) is 6. The fourth-order valence-corrected chi connectivity index (χ4v) is 1.59. The Morgan fingerprint density at radius 3 is 1.10 bits per heavy atom. The van der Waals surface area contributed by atoms with E-state index in [-0.39, 0.29) is 39.5 Å². The molecular weight excluding hydrogens is 420 g/mol. The maximum atomic E-state index is 10.1. The molecule has 0 heterocycles. The monoisotopic (exact) mass is 462 g/mol. The van der Waals surface area contributed by atoms with E-state index in [9.17, 15) is 30.0 Å². The van der Waals surface area contributed by atoms with Crippen molar-refractivity contribution in [2.24, 2.45) is 0 Å². The zero-order valence-electron chi connectivity index (χ0n) is 19.7. The van der Waals surface area contributed by atoms with Gasteiger partial charge in [-0.15, -0.1) is 12.7 Å². The topological polar surface area (TPSA) is 126 Å². The van der Waals surface area contributed by atoms with E-state index < -0.39 is 18.0 Å². The zero-order valence-corrected chi connectivity index (χ0v) is 21.3. The summed E-state index contributed by atoms with van der Waals surface area (Å²) in [6, 6.07) is 0. The largest absolute Gasteiger partial charge is 4.00 e. The number of carbonyl (C=O) groups is 2. The molecule has 30 heavy (non-hydrogen) atoms. The number of carboxylic acid groups (broad SMARTS) is 2.